The fourth-order valence-electron chi connectivity index (χ4n) is 0.482. The molecule has 0 heterocycles. The molecule has 0 aromatic rings. The molecule has 1 atom stereocenters. The summed E-state index contributed by atoms with van der Waals surface area (Å²) in [6.45, 7) is 3.13. The molecule has 0 aliphatic heterocycles. The fraction of sp³-hybridized carbons (Fsp3) is 1.00. The molecule has 1 N–H and O–H groups in total. The van der Waals surface area contributed by atoms with Gasteiger partial charge in [-0.3, -0.25) is 0 Å². The van der Waals surface area contributed by atoms with Gasteiger partial charge in [-0.2, -0.15) is 0 Å². The predicted molar refractivity (Wildman–Crippen MR) is 37.5 cm³/mol. The molecule has 50 valence electrons. The summed E-state index contributed by atoms with van der Waals surface area (Å²) in [5.74, 6) is 0. The molecular formula is C6H13NaO2. The number of hydrogen-bond donors (Lipinski definition) is 1. The first-order valence-corrected chi connectivity index (χ1v) is 4.69. The Morgan fingerprint density at radius 1 is 1.67 bits per heavy atom. The standard InChI is InChI=1S/C6H13O2.Na/c1-2-3-5-8-6-4-7;/h6-7H,2-5H2,1H3;. The summed E-state index contributed by atoms with van der Waals surface area (Å²) in [5, 5.41) is 8.54. The van der Waals surface area contributed by atoms with Gasteiger partial charge in [0.15, 0.2) is 0 Å². The van der Waals surface area contributed by atoms with E-state index in [4.69, 9.17) is 9.84 Å². The van der Waals surface area contributed by atoms with Crippen molar-refractivity contribution >= 4 is 27.9 Å². The van der Waals surface area contributed by atoms with Crippen molar-refractivity contribution in [2.45, 2.75) is 23.1 Å². The van der Waals surface area contributed by atoms with Crippen molar-refractivity contribution in [1.29, 1.82) is 0 Å². The predicted octanol–water partition coefficient (Wildman–Crippen LogP) is 0.290. The minimum atomic E-state index is 0.150. The number of unbranched alkanes of at least 4 members (excludes halogenated alkanes) is 1. The first kappa shape index (κ1) is 9.92. The van der Waals surface area contributed by atoms with E-state index in [1.54, 1.807) is 0 Å². The SMILES string of the molecule is CCCCO[CH]([Na])CO. The number of rotatable bonds is 5. The third-order valence-electron chi connectivity index (χ3n) is 1.16. The zero-order chi connectivity index (χ0) is 7.11. The van der Waals surface area contributed by atoms with E-state index in [1.807, 2.05) is 0 Å². The quantitative estimate of drug-likeness (QED) is 0.439. The van der Waals surface area contributed by atoms with Gasteiger partial charge in [0.2, 0.25) is 0 Å². The van der Waals surface area contributed by atoms with Crippen LogP contribution in [0.15, 0.2) is 0 Å². The Bertz CT molecular complexity index is 59.0. The molecule has 0 aromatic heterocycles. The van der Waals surface area contributed by atoms with Crippen LogP contribution in [0.5, 0.6) is 0 Å². The van der Waals surface area contributed by atoms with Gasteiger partial charge < -0.3 is 0 Å². The van der Waals surface area contributed by atoms with Gasteiger partial charge in [-0.05, 0) is 0 Å². The van der Waals surface area contributed by atoms with Crippen molar-refractivity contribution in [2.75, 3.05) is 13.2 Å². The number of aliphatic hydroxyl groups excluding tert-OH is 1. The zero-order valence-corrected chi connectivity index (χ0v) is 8.26. The molecule has 0 aromatic carbocycles. The summed E-state index contributed by atoms with van der Waals surface area (Å²) >= 11 is 0.934. The number of aliphatic hydroxyl groups is 1. The summed E-state index contributed by atoms with van der Waals surface area (Å²) in [6.07, 6.45) is 2.28. The third kappa shape index (κ3) is 6.81. The van der Waals surface area contributed by atoms with Crippen molar-refractivity contribution in [3.8, 4) is 0 Å². The van der Waals surface area contributed by atoms with Crippen LogP contribution in [0.3, 0.4) is 0 Å². The van der Waals surface area contributed by atoms with Gasteiger partial charge in [0, 0.05) is 0 Å². The van der Waals surface area contributed by atoms with Crippen molar-refractivity contribution in [2.24, 2.45) is 0 Å². The molecule has 9 heavy (non-hydrogen) atoms. The molecule has 0 aliphatic carbocycles. The fourth-order valence-corrected chi connectivity index (χ4v) is 0.717. The Kier molecular flexibility index (Phi) is 7.75. The molecule has 0 rings (SSSR count). The average molecular weight is 140 g/mol. The van der Waals surface area contributed by atoms with Gasteiger partial charge in [0.05, 0.1) is 0 Å². The normalized spacial score (nSPS) is 13.8. The van der Waals surface area contributed by atoms with Crippen LogP contribution in [0.4, 0.5) is 0 Å². The topological polar surface area (TPSA) is 29.5 Å². The summed E-state index contributed by atoms with van der Waals surface area (Å²) in [7, 11) is 0. The molecule has 3 heteroatoms. The van der Waals surface area contributed by atoms with E-state index in [1.165, 1.54) is 6.42 Å². The maximum atomic E-state index is 8.54. The summed E-state index contributed by atoms with van der Waals surface area (Å²) in [4.78, 5) is 0. The van der Waals surface area contributed by atoms with Crippen LogP contribution in [-0.4, -0.2) is 49.6 Å². The van der Waals surface area contributed by atoms with Crippen molar-refractivity contribution in [1.82, 2.24) is 0 Å². The summed E-state index contributed by atoms with van der Waals surface area (Å²) < 4.78 is 5.39. The molecule has 1 unspecified atom stereocenters. The molecule has 0 saturated heterocycles. The minimum absolute atomic E-state index is 0.150. The van der Waals surface area contributed by atoms with Crippen molar-refractivity contribution in [3.63, 3.8) is 0 Å². The first-order chi connectivity index (χ1) is 4.31. The van der Waals surface area contributed by atoms with E-state index < -0.39 is 0 Å². The summed E-state index contributed by atoms with van der Waals surface area (Å²) in [6, 6.07) is 0. The molecule has 0 saturated carbocycles. The number of hydrogen-bond acceptors (Lipinski definition) is 2. The molecule has 0 bridgehead atoms. The number of ether oxygens (including phenoxy) is 1. The van der Waals surface area contributed by atoms with Gasteiger partial charge in [0.25, 0.3) is 0 Å². The van der Waals surface area contributed by atoms with Gasteiger partial charge in [-0.15, -0.1) is 0 Å². The average Bonchev–Trinajstić information content (AvgIpc) is 1.89. The van der Waals surface area contributed by atoms with Crippen LogP contribution in [0.1, 0.15) is 19.8 Å². The Balaban J connectivity index is 2.88. The Labute approximate surface area is 74.0 Å². The van der Waals surface area contributed by atoms with Crippen LogP contribution in [-0.2, 0) is 4.74 Å². The monoisotopic (exact) mass is 140 g/mol. The van der Waals surface area contributed by atoms with Gasteiger partial charge in [-0.1, -0.05) is 0 Å². The second-order valence-corrected chi connectivity index (χ2v) is 3.51. The van der Waals surface area contributed by atoms with Gasteiger partial charge >= 0.3 is 74.1 Å². The molecule has 0 spiro atoms. The van der Waals surface area contributed by atoms with Crippen LogP contribution in [0.25, 0.3) is 0 Å². The van der Waals surface area contributed by atoms with E-state index >= 15 is 0 Å². The molecule has 2 nitrogen and oxygen atoms in total. The van der Waals surface area contributed by atoms with E-state index in [-0.39, 0.29) is 9.96 Å². The van der Waals surface area contributed by atoms with Crippen LogP contribution in [0.2, 0.25) is 0 Å². The Morgan fingerprint density at radius 2 is 2.33 bits per heavy atom. The molecule has 0 amide bonds. The van der Waals surface area contributed by atoms with E-state index in [2.05, 4.69) is 6.92 Å². The van der Waals surface area contributed by atoms with Crippen molar-refractivity contribution in [3.05, 3.63) is 0 Å². The van der Waals surface area contributed by atoms with Crippen LogP contribution >= 0.6 is 0 Å². The second kappa shape index (κ2) is 7.03. The Morgan fingerprint density at radius 3 is 2.78 bits per heavy atom. The summed E-state index contributed by atoms with van der Waals surface area (Å²) in [5.41, 5.74) is 0. The molecule has 0 radical (unpaired) electrons. The first-order valence-electron chi connectivity index (χ1n) is 3.53. The Hall–Kier alpha value is 0.920. The van der Waals surface area contributed by atoms with E-state index in [9.17, 15) is 0 Å². The van der Waals surface area contributed by atoms with Crippen LogP contribution in [0, 0.1) is 0 Å². The third-order valence-corrected chi connectivity index (χ3v) is 1.86. The molecular weight excluding hydrogens is 127 g/mol. The zero-order valence-electron chi connectivity index (χ0n) is 6.26. The van der Waals surface area contributed by atoms with E-state index in [0.29, 0.717) is 0 Å². The molecule has 0 fully saturated rings. The van der Waals surface area contributed by atoms with Crippen molar-refractivity contribution < 1.29 is 9.84 Å². The second-order valence-electron chi connectivity index (χ2n) is 2.22. The van der Waals surface area contributed by atoms with E-state index in [0.717, 1.165) is 41.0 Å². The molecule has 0 aliphatic rings. The van der Waals surface area contributed by atoms with Crippen LogP contribution < -0.4 is 0 Å². The maximum absolute atomic E-state index is 8.54. The van der Waals surface area contributed by atoms with Gasteiger partial charge in [-0.25, -0.2) is 0 Å². The van der Waals surface area contributed by atoms with Gasteiger partial charge in [0.1, 0.15) is 0 Å².